The number of nitrogens with zero attached hydrogens (tertiary/aromatic N) is 2. The summed E-state index contributed by atoms with van der Waals surface area (Å²) in [7, 11) is 0. The van der Waals surface area contributed by atoms with Crippen molar-refractivity contribution in [2.24, 2.45) is 0 Å². The highest BCUT2D eigenvalue weighted by atomic mass is 16.5. The first-order valence-electron chi connectivity index (χ1n) is 6.94. The molecule has 0 atom stereocenters. The van der Waals surface area contributed by atoms with Crippen LogP contribution in [0.4, 0.5) is 0 Å². The molecule has 1 heterocycles. The van der Waals surface area contributed by atoms with Gasteiger partial charge in [-0.05, 0) is 24.3 Å². The molecule has 5 heteroatoms. The summed E-state index contributed by atoms with van der Waals surface area (Å²) in [6.07, 6.45) is 1.56. The SMILES string of the molecule is O=C(CCn1cnc2ccccc2c1=O)Oc1ccccc1. The predicted molar refractivity (Wildman–Crippen MR) is 82.7 cm³/mol. The van der Waals surface area contributed by atoms with Gasteiger partial charge in [0.15, 0.2) is 0 Å². The second-order valence-electron chi connectivity index (χ2n) is 4.80. The number of hydrogen-bond acceptors (Lipinski definition) is 4. The molecule has 0 saturated carbocycles. The zero-order chi connectivity index (χ0) is 15.4. The molecule has 0 saturated heterocycles. The molecule has 1 aromatic heterocycles. The van der Waals surface area contributed by atoms with Crippen molar-refractivity contribution >= 4 is 16.9 Å². The van der Waals surface area contributed by atoms with Gasteiger partial charge in [0.2, 0.25) is 0 Å². The number of aryl methyl sites for hydroxylation is 1. The van der Waals surface area contributed by atoms with Crippen molar-refractivity contribution < 1.29 is 9.53 Å². The first-order valence-corrected chi connectivity index (χ1v) is 6.94. The second kappa shape index (κ2) is 6.22. The molecule has 0 aliphatic rings. The molecule has 2 aromatic carbocycles. The van der Waals surface area contributed by atoms with Gasteiger partial charge in [0.25, 0.3) is 5.56 Å². The minimum atomic E-state index is -0.383. The van der Waals surface area contributed by atoms with Crippen LogP contribution in [0.1, 0.15) is 6.42 Å². The summed E-state index contributed by atoms with van der Waals surface area (Å²) in [4.78, 5) is 28.3. The molecule has 5 nitrogen and oxygen atoms in total. The van der Waals surface area contributed by atoms with E-state index in [2.05, 4.69) is 4.98 Å². The fourth-order valence-electron chi connectivity index (χ4n) is 2.15. The molecule has 3 aromatic rings. The molecule has 0 fully saturated rings. The zero-order valence-electron chi connectivity index (χ0n) is 11.8. The van der Waals surface area contributed by atoms with Crippen LogP contribution in [-0.4, -0.2) is 15.5 Å². The molecule has 22 heavy (non-hydrogen) atoms. The predicted octanol–water partition coefficient (Wildman–Crippen LogP) is 2.39. The van der Waals surface area contributed by atoms with Gasteiger partial charge in [0.1, 0.15) is 5.75 Å². The lowest BCUT2D eigenvalue weighted by atomic mass is 10.2. The van der Waals surface area contributed by atoms with Crippen LogP contribution in [-0.2, 0) is 11.3 Å². The number of fused-ring (bicyclic) bond motifs is 1. The van der Waals surface area contributed by atoms with E-state index in [4.69, 9.17) is 4.74 Å². The number of rotatable bonds is 4. The van der Waals surface area contributed by atoms with Crippen molar-refractivity contribution in [1.82, 2.24) is 9.55 Å². The molecule has 0 bridgehead atoms. The average Bonchev–Trinajstić information content (AvgIpc) is 2.55. The van der Waals surface area contributed by atoms with Crippen LogP contribution in [0.25, 0.3) is 10.9 Å². The minimum Gasteiger partial charge on any atom is -0.426 e. The Balaban J connectivity index is 1.70. The molecule has 0 aliphatic heterocycles. The fourth-order valence-corrected chi connectivity index (χ4v) is 2.15. The van der Waals surface area contributed by atoms with E-state index in [1.165, 1.54) is 10.9 Å². The van der Waals surface area contributed by atoms with Gasteiger partial charge in [-0.15, -0.1) is 0 Å². The van der Waals surface area contributed by atoms with Gasteiger partial charge in [-0.2, -0.15) is 0 Å². The number of esters is 1. The minimum absolute atomic E-state index is 0.106. The molecule has 0 radical (unpaired) electrons. The van der Waals surface area contributed by atoms with E-state index in [-0.39, 0.29) is 24.5 Å². The Bertz CT molecular complexity index is 856. The number of aromatic nitrogens is 2. The van der Waals surface area contributed by atoms with Crippen molar-refractivity contribution in [3.8, 4) is 5.75 Å². The smallest absolute Gasteiger partial charge is 0.312 e. The normalized spacial score (nSPS) is 10.5. The van der Waals surface area contributed by atoms with Crippen LogP contribution in [0.5, 0.6) is 5.75 Å². The summed E-state index contributed by atoms with van der Waals surface area (Å²) in [5.41, 5.74) is 0.494. The number of hydrogen-bond donors (Lipinski definition) is 0. The molecule has 0 N–H and O–H groups in total. The third kappa shape index (κ3) is 3.03. The fraction of sp³-hybridized carbons (Fsp3) is 0.118. The standard InChI is InChI=1S/C17H14N2O3/c20-16(22-13-6-2-1-3-7-13)10-11-19-12-18-15-9-5-4-8-14(15)17(19)21/h1-9,12H,10-11H2. The molecule has 110 valence electrons. The van der Waals surface area contributed by atoms with Gasteiger partial charge in [-0.3, -0.25) is 14.2 Å². The number of carbonyl (C=O) groups excluding carboxylic acids is 1. The molecule has 3 rings (SSSR count). The van der Waals surface area contributed by atoms with Crippen molar-refractivity contribution in [2.75, 3.05) is 0 Å². The molecule has 0 aliphatic carbocycles. The first kappa shape index (κ1) is 14.0. The van der Waals surface area contributed by atoms with Crippen molar-refractivity contribution in [1.29, 1.82) is 0 Å². The van der Waals surface area contributed by atoms with Crippen LogP contribution in [0.15, 0.2) is 65.7 Å². The largest absolute Gasteiger partial charge is 0.426 e. The van der Waals surface area contributed by atoms with E-state index in [9.17, 15) is 9.59 Å². The Morgan fingerprint density at radius 3 is 2.59 bits per heavy atom. The lowest BCUT2D eigenvalue weighted by molar-refractivity contribution is -0.134. The molecule has 0 unspecified atom stereocenters. The summed E-state index contributed by atoms with van der Waals surface area (Å²) in [5.74, 6) is 0.114. The zero-order valence-corrected chi connectivity index (χ0v) is 11.8. The Labute approximate surface area is 126 Å². The van der Waals surface area contributed by atoms with Gasteiger partial charge in [-0.1, -0.05) is 30.3 Å². The van der Waals surface area contributed by atoms with E-state index in [1.807, 2.05) is 12.1 Å². The number of ether oxygens (including phenoxy) is 1. The van der Waals surface area contributed by atoms with Gasteiger partial charge < -0.3 is 4.74 Å². The van der Waals surface area contributed by atoms with E-state index < -0.39 is 0 Å². The van der Waals surface area contributed by atoms with E-state index in [0.717, 1.165) is 0 Å². The summed E-state index contributed by atoms with van der Waals surface area (Å²) in [6.45, 7) is 0.238. The quantitative estimate of drug-likeness (QED) is 0.547. The summed E-state index contributed by atoms with van der Waals surface area (Å²) < 4.78 is 6.61. The van der Waals surface area contributed by atoms with Gasteiger partial charge in [-0.25, -0.2) is 4.98 Å². The number of benzene rings is 2. The highest BCUT2D eigenvalue weighted by Crippen LogP contribution is 2.09. The molecule has 0 spiro atoms. The maximum absolute atomic E-state index is 12.3. The van der Waals surface area contributed by atoms with Crippen LogP contribution in [0.3, 0.4) is 0 Å². The summed E-state index contributed by atoms with van der Waals surface area (Å²) in [5, 5.41) is 0.543. The maximum atomic E-state index is 12.3. The van der Waals surface area contributed by atoms with E-state index >= 15 is 0 Å². The lowest BCUT2D eigenvalue weighted by Crippen LogP contribution is -2.23. The van der Waals surface area contributed by atoms with Crippen molar-refractivity contribution in [2.45, 2.75) is 13.0 Å². The number of para-hydroxylation sites is 2. The number of carbonyl (C=O) groups is 1. The molecular weight excluding hydrogens is 280 g/mol. The third-order valence-corrected chi connectivity index (χ3v) is 3.26. The van der Waals surface area contributed by atoms with Crippen LogP contribution in [0, 0.1) is 0 Å². The summed E-state index contributed by atoms with van der Waals surface area (Å²) in [6, 6.07) is 16.0. The van der Waals surface area contributed by atoms with Crippen molar-refractivity contribution in [3.63, 3.8) is 0 Å². The third-order valence-electron chi connectivity index (χ3n) is 3.26. The average molecular weight is 294 g/mol. The molecule has 0 amide bonds. The van der Waals surface area contributed by atoms with Crippen LogP contribution >= 0.6 is 0 Å². The topological polar surface area (TPSA) is 61.2 Å². The van der Waals surface area contributed by atoms with Crippen molar-refractivity contribution in [3.05, 3.63) is 71.3 Å². The van der Waals surface area contributed by atoms with Gasteiger partial charge in [0, 0.05) is 6.54 Å². The maximum Gasteiger partial charge on any atom is 0.312 e. The van der Waals surface area contributed by atoms with Gasteiger partial charge in [0.05, 0.1) is 23.7 Å². The van der Waals surface area contributed by atoms with E-state index in [1.54, 1.807) is 42.5 Å². The van der Waals surface area contributed by atoms with E-state index in [0.29, 0.717) is 16.7 Å². The Morgan fingerprint density at radius 1 is 1.05 bits per heavy atom. The Kier molecular flexibility index (Phi) is 3.96. The Hall–Kier alpha value is -2.95. The second-order valence-corrected chi connectivity index (χ2v) is 4.80. The Morgan fingerprint density at radius 2 is 1.77 bits per heavy atom. The first-order chi connectivity index (χ1) is 10.7. The molecular formula is C17H14N2O3. The van der Waals surface area contributed by atoms with Crippen LogP contribution in [0.2, 0.25) is 0 Å². The van der Waals surface area contributed by atoms with Gasteiger partial charge >= 0.3 is 5.97 Å². The highest BCUT2D eigenvalue weighted by molar-refractivity contribution is 5.77. The monoisotopic (exact) mass is 294 g/mol. The lowest BCUT2D eigenvalue weighted by Gasteiger charge is -2.07. The highest BCUT2D eigenvalue weighted by Gasteiger charge is 2.08. The van der Waals surface area contributed by atoms with Crippen LogP contribution < -0.4 is 10.3 Å². The summed E-state index contributed by atoms with van der Waals surface area (Å²) >= 11 is 0.